The number of aromatic nitrogens is 3. The predicted octanol–water partition coefficient (Wildman–Crippen LogP) is 2.71. The van der Waals surface area contributed by atoms with Crippen LogP contribution in [0.4, 0.5) is 11.9 Å². The average molecular weight is 412 g/mol. The summed E-state index contributed by atoms with van der Waals surface area (Å²) in [7, 11) is 3.21. The normalized spacial score (nSPS) is 20.1. The molecule has 0 aromatic carbocycles. The smallest absolute Gasteiger partial charge is 0.234 e. The van der Waals surface area contributed by atoms with Crippen molar-refractivity contribution in [3.63, 3.8) is 0 Å². The fraction of sp³-hybridized carbons (Fsp3) is 0.850. The SMILES string of the molecule is CCCCOCN(COC)c1nc(C2CCC(C)C2)nc(N(COC)C(C)O)n1. The van der Waals surface area contributed by atoms with Crippen LogP contribution in [-0.2, 0) is 14.2 Å². The van der Waals surface area contributed by atoms with E-state index >= 15 is 0 Å². The summed E-state index contributed by atoms with van der Waals surface area (Å²) in [5.74, 6) is 2.59. The quantitative estimate of drug-likeness (QED) is 0.388. The molecule has 9 heteroatoms. The van der Waals surface area contributed by atoms with Crippen LogP contribution in [0.5, 0.6) is 0 Å². The highest BCUT2D eigenvalue weighted by Gasteiger charge is 2.28. The van der Waals surface area contributed by atoms with Crippen LogP contribution in [0, 0.1) is 5.92 Å². The first-order valence-electron chi connectivity index (χ1n) is 10.5. The van der Waals surface area contributed by atoms with Gasteiger partial charge in [-0.05, 0) is 38.5 Å². The van der Waals surface area contributed by atoms with E-state index < -0.39 is 6.23 Å². The van der Waals surface area contributed by atoms with Gasteiger partial charge < -0.3 is 19.3 Å². The van der Waals surface area contributed by atoms with E-state index in [0.29, 0.717) is 37.9 Å². The van der Waals surface area contributed by atoms with E-state index in [9.17, 15) is 5.11 Å². The third kappa shape index (κ3) is 7.02. The Morgan fingerprint density at radius 1 is 1.07 bits per heavy atom. The number of anilines is 2. The topological polar surface area (TPSA) is 93.1 Å². The largest absolute Gasteiger partial charge is 0.374 e. The molecule has 1 aromatic rings. The van der Waals surface area contributed by atoms with Gasteiger partial charge in [0.2, 0.25) is 11.9 Å². The van der Waals surface area contributed by atoms with Crippen LogP contribution in [0.3, 0.4) is 0 Å². The third-order valence-corrected chi connectivity index (χ3v) is 5.12. The van der Waals surface area contributed by atoms with Crippen LogP contribution in [0.25, 0.3) is 0 Å². The number of nitrogens with zero attached hydrogens (tertiary/aromatic N) is 5. The van der Waals surface area contributed by atoms with E-state index in [1.54, 1.807) is 26.0 Å². The van der Waals surface area contributed by atoms with E-state index in [-0.39, 0.29) is 12.6 Å². The van der Waals surface area contributed by atoms with Gasteiger partial charge in [0, 0.05) is 26.7 Å². The molecule has 29 heavy (non-hydrogen) atoms. The molecule has 1 N–H and O–H groups in total. The summed E-state index contributed by atoms with van der Waals surface area (Å²) < 4.78 is 16.4. The molecule has 2 rings (SSSR count). The van der Waals surface area contributed by atoms with Crippen LogP contribution in [0.15, 0.2) is 0 Å². The first kappa shape index (κ1) is 23.7. The Hall–Kier alpha value is -1.55. The second-order valence-corrected chi connectivity index (χ2v) is 7.78. The molecule has 1 fully saturated rings. The number of unbranched alkanes of at least 4 members (excludes halogenated alkanes) is 1. The van der Waals surface area contributed by atoms with Gasteiger partial charge in [0.25, 0.3) is 0 Å². The molecular formula is C20H37N5O4. The molecule has 1 aliphatic carbocycles. The Balaban J connectivity index is 2.35. The lowest BCUT2D eigenvalue weighted by Gasteiger charge is -2.27. The van der Waals surface area contributed by atoms with Gasteiger partial charge in [0.05, 0.1) is 0 Å². The Labute approximate surface area is 174 Å². The minimum atomic E-state index is -0.794. The van der Waals surface area contributed by atoms with Gasteiger partial charge in [-0.2, -0.15) is 15.0 Å². The van der Waals surface area contributed by atoms with Crippen molar-refractivity contribution in [2.75, 3.05) is 50.8 Å². The summed E-state index contributed by atoms with van der Waals surface area (Å²) in [6.07, 6.45) is 4.56. The number of hydrogen-bond acceptors (Lipinski definition) is 9. The van der Waals surface area contributed by atoms with Crippen molar-refractivity contribution in [3.8, 4) is 0 Å². The summed E-state index contributed by atoms with van der Waals surface area (Å²) >= 11 is 0. The van der Waals surface area contributed by atoms with E-state index in [1.807, 2.05) is 4.90 Å². The standard InChI is InChI=1S/C20H37N5O4/c1-6-7-10-29-13-24(12-27-4)19-21-18(17-9-8-15(2)11-17)22-20(23-19)25(14-28-5)16(3)26/h15-17,26H,6-14H2,1-5H3. The molecule has 9 nitrogen and oxygen atoms in total. The third-order valence-electron chi connectivity index (χ3n) is 5.12. The molecule has 1 aliphatic rings. The second kappa shape index (κ2) is 12.2. The molecule has 0 bridgehead atoms. The molecule has 0 amide bonds. The maximum Gasteiger partial charge on any atom is 0.234 e. The van der Waals surface area contributed by atoms with E-state index in [0.717, 1.165) is 31.5 Å². The van der Waals surface area contributed by atoms with Gasteiger partial charge in [-0.3, -0.25) is 9.80 Å². The molecule has 166 valence electrons. The highest BCUT2D eigenvalue weighted by atomic mass is 16.5. The lowest BCUT2D eigenvalue weighted by Crippen LogP contribution is -2.37. The van der Waals surface area contributed by atoms with Crippen molar-refractivity contribution in [2.45, 2.75) is 65.0 Å². The molecule has 0 saturated heterocycles. The minimum Gasteiger partial charge on any atom is -0.374 e. The maximum atomic E-state index is 10.2. The fourth-order valence-electron chi connectivity index (χ4n) is 3.46. The van der Waals surface area contributed by atoms with Crippen molar-refractivity contribution in [3.05, 3.63) is 5.82 Å². The van der Waals surface area contributed by atoms with E-state index in [1.165, 1.54) is 6.42 Å². The van der Waals surface area contributed by atoms with Crippen molar-refractivity contribution in [1.29, 1.82) is 0 Å². The zero-order valence-corrected chi connectivity index (χ0v) is 18.5. The second-order valence-electron chi connectivity index (χ2n) is 7.78. The van der Waals surface area contributed by atoms with Crippen LogP contribution in [0.2, 0.25) is 0 Å². The van der Waals surface area contributed by atoms with Gasteiger partial charge >= 0.3 is 0 Å². The zero-order valence-electron chi connectivity index (χ0n) is 18.5. The van der Waals surface area contributed by atoms with Crippen molar-refractivity contribution < 1.29 is 19.3 Å². The number of rotatable bonds is 13. The average Bonchev–Trinajstić information content (AvgIpc) is 3.14. The number of aliphatic hydroxyl groups excluding tert-OH is 1. The van der Waals surface area contributed by atoms with E-state index in [2.05, 4.69) is 18.8 Å². The summed E-state index contributed by atoms with van der Waals surface area (Å²) in [4.78, 5) is 17.5. The number of ether oxygens (including phenoxy) is 3. The molecule has 0 spiro atoms. The molecule has 1 aromatic heterocycles. The first-order chi connectivity index (χ1) is 14.0. The van der Waals surface area contributed by atoms with Gasteiger partial charge in [-0.1, -0.05) is 20.3 Å². The van der Waals surface area contributed by atoms with Gasteiger partial charge in [-0.25, -0.2) is 0 Å². The van der Waals surface area contributed by atoms with Crippen molar-refractivity contribution >= 4 is 11.9 Å². The van der Waals surface area contributed by atoms with Crippen molar-refractivity contribution in [2.24, 2.45) is 5.92 Å². The Morgan fingerprint density at radius 3 is 2.38 bits per heavy atom. The fourth-order valence-corrected chi connectivity index (χ4v) is 3.46. The van der Waals surface area contributed by atoms with Gasteiger partial charge in [0.15, 0.2) is 0 Å². The molecule has 3 atom stereocenters. The monoisotopic (exact) mass is 411 g/mol. The molecule has 1 heterocycles. The minimum absolute atomic E-state index is 0.179. The Bertz CT molecular complexity index is 604. The number of hydrogen-bond donors (Lipinski definition) is 1. The zero-order chi connectivity index (χ0) is 21.2. The summed E-state index contributed by atoms with van der Waals surface area (Å²) in [6.45, 7) is 7.54. The molecular weight excluding hydrogens is 374 g/mol. The summed E-state index contributed by atoms with van der Waals surface area (Å²) in [6, 6.07) is 0. The number of methoxy groups -OCH3 is 2. The Kier molecular flexibility index (Phi) is 9.99. The lowest BCUT2D eigenvalue weighted by atomic mass is 10.1. The van der Waals surface area contributed by atoms with E-state index in [4.69, 9.17) is 24.2 Å². The molecule has 0 radical (unpaired) electrons. The van der Waals surface area contributed by atoms with Crippen LogP contribution < -0.4 is 9.80 Å². The lowest BCUT2D eigenvalue weighted by molar-refractivity contribution is 0.101. The van der Waals surface area contributed by atoms with Crippen LogP contribution in [-0.4, -0.2) is 67.3 Å². The highest BCUT2D eigenvalue weighted by molar-refractivity contribution is 5.39. The predicted molar refractivity (Wildman–Crippen MR) is 112 cm³/mol. The summed E-state index contributed by atoms with van der Waals surface area (Å²) in [5.41, 5.74) is 0. The first-order valence-corrected chi connectivity index (χ1v) is 10.5. The molecule has 1 saturated carbocycles. The van der Waals surface area contributed by atoms with Crippen LogP contribution >= 0.6 is 0 Å². The summed E-state index contributed by atoms with van der Waals surface area (Å²) in [5, 5.41) is 10.2. The van der Waals surface area contributed by atoms with Gasteiger partial charge in [-0.15, -0.1) is 0 Å². The van der Waals surface area contributed by atoms with Crippen LogP contribution in [0.1, 0.15) is 64.6 Å². The molecule has 3 unspecified atom stereocenters. The highest BCUT2D eigenvalue weighted by Crippen LogP contribution is 2.37. The van der Waals surface area contributed by atoms with Crippen molar-refractivity contribution in [1.82, 2.24) is 15.0 Å². The number of aliphatic hydroxyl groups is 1. The maximum absolute atomic E-state index is 10.2. The van der Waals surface area contributed by atoms with Gasteiger partial charge in [0.1, 0.15) is 32.2 Å². The molecule has 0 aliphatic heterocycles. The Morgan fingerprint density at radius 2 is 1.79 bits per heavy atom.